The fraction of sp³-hybridized carbons (Fsp3) is 0.533. The summed E-state index contributed by atoms with van der Waals surface area (Å²) in [7, 11) is 0. The lowest BCUT2D eigenvalue weighted by molar-refractivity contribution is -0.117. The number of carbonyl (C=O) groups excluding carboxylic acids is 1. The summed E-state index contributed by atoms with van der Waals surface area (Å²) in [5.41, 5.74) is 8.29. The normalized spacial score (nSPS) is 23.5. The zero-order valence-corrected chi connectivity index (χ0v) is 11.9. The first-order valence-corrected chi connectivity index (χ1v) is 6.86. The monoisotopic (exact) mass is 261 g/mol. The highest BCUT2D eigenvalue weighted by Gasteiger charge is 2.27. The molecule has 0 aliphatic carbocycles. The summed E-state index contributed by atoms with van der Waals surface area (Å²) in [6, 6.07) is 6.08. The van der Waals surface area contributed by atoms with E-state index in [1.54, 1.807) is 0 Å². The Balaban J connectivity index is 1.96. The van der Waals surface area contributed by atoms with Crippen molar-refractivity contribution in [2.45, 2.75) is 33.2 Å². The molecule has 1 saturated heterocycles. The highest BCUT2D eigenvalue weighted by Crippen LogP contribution is 2.23. The molecule has 0 aromatic heterocycles. The van der Waals surface area contributed by atoms with Crippen molar-refractivity contribution in [1.82, 2.24) is 4.90 Å². The third kappa shape index (κ3) is 3.26. The number of hydrogen-bond donors (Lipinski definition) is 2. The molecule has 0 radical (unpaired) electrons. The molecule has 1 fully saturated rings. The molecule has 3 N–H and O–H groups in total. The standard InChI is InChI=1S/C15H23N3O/c1-10-7-11(2)18(8-10)9-15(19)17-14-6-4-5-13(16)12(14)3/h4-6,10-11H,7-9,16H2,1-3H3,(H,17,19). The molecule has 1 aromatic rings. The van der Waals surface area contributed by atoms with E-state index in [1.165, 1.54) is 6.42 Å². The van der Waals surface area contributed by atoms with Crippen LogP contribution in [0, 0.1) is 12.8 Å². The number of nitrogen functional groups attached to an aromatic ring is 1. The SMILES string of the molecule is Cc1c(N)cccc1NC(=O)CN1CC(C)CC1C. The second-order valence-corrected chi connectivity index (χ2v) is 5.69. The molecule has 1 heterocycles. The minimum absolute atomic E-state index is 0.0367. The minimum atomic E-state index is 0.0367. The maximum atomic E-state index is 12.1. The average molecular weight is 261 g/mol. The molecular weight excluding hydrogens is 238 g/mol. The molecule has 1 aromatic carbocycles. The molecule has 2 unspecified atom stereocenters. The molecule has 2 rings (SSSR count). The van der Waals surface area contributed by atoms with Crippen LogP contribution in [0.1, 0.15) is 25.8 Å². The van der Waals surface area contributed by atoms with Crippen molar-refractivity contribution >= 4 is 17.3 Å². The lowest BCUT2D eigenvalue weighted by atomic mass is 10.1. The maximum Gasteiger partial charge on any atom is 0.238 e. The summed E-state index contributed by atoms with van der Waals surface area (Å²) in [4.78, 5) is 14.3. The van der Waals surface area contributed by atoms with Gasteiger partial charge in [0, 0.05) is 24.0 Å². The van der Waals surface area contributed by atoms with E-state index in [2.05, 4.69) is 24.1 Å². The van der Waals surface area contributed by atoms with Crippen molar-refractivity contribution in [3.63, 3.8) is 0 Å². The van der Waals surface area contributed by atoms with Crippen molar-refractivity contribution in [3.05, 3.63) is 23.8 Å². The lowest BCUT2D eigenvalue weighted by Crippen LogP contribution is -2.35. The Morgan fingerprint density at radius 2 is 2.21 bits per heavy atom. The summed E-state index contributed by atoms with van der Waals surface area (Å²) in [5, 5.41) is 2.95. The Bertz CT molecular complexity index is 472. The Morgan fingerprint density at radius 1 is 1.47 bits per heavy atom. The van der Waals surface area contributed by atoms with Gasteiger partial charge in [0.05, 0.1) is 6.54 Å². The van der Waals surface area contributed by atoms with Gasteiger partial charge in [-0.15, -0.1) is 0 Å². The molecule has 0 saturated carbocycles. The number of likely N-dealkylation sites (tertiary alicyclic amines) is 1. The van der Waals surface area contributed by atoms with E-state index in [-0.39, 0.29) is 5.91 Å². The summed E-state index contributed by atoms with van der Waals surface area (Å²) < 4.78 is 0. The van der Waals surface area contributed by atoms with Crippen LogP contribution in [0.5, 0.6) is 0 Å². The van der Waals surface area contributed by atoms with Crippen LogP contribution in [0.3, 0.4) is 0 Å². The summed E-state index contributed by atoms with van der Waals surface area (Å²) in [6.07, 6.45) is 1.17. The van der Waals surface area contributed by atoms with Crippen molar-refractivity contribution in [2.24, 2.45) is 5.92 Å². The molecule has 0 spiro atoms. The average Bonchev–Trinajstić information content (AvgIpc) is 2.64. The minimum Gasteiger partial charge on any atom is -0.398 e. The maximum absolute atomic E-state index is 12.1. The number of carbonyl (C=O) groups is 1. The van der Waals surface area contributed by atoms with Crippen molar-refractivity contribution < 1.29 is 4.79 Å². The predicted octanol–water partition coefficient (Wildman–Crippen LogP) is 2.25. The van der Waals surface area contributed by atoms with Crippen LogP contribution in [-0.4, -0.2) is 29.9 Å². The lowest BCUT2D eigenvalue weighted by Gasteiger charge is -2.20. The second-order valence-electron chi connectivity index (χ2n) is 5.69. The first-order chi connectivity index (χ1) is 8.97. The van der Waals surface area contributed by atoms with E-state index in [9.17, 15) is 4.79 Å². The summed E-state index contributed by atoms with van der Waals surface area (Å²) in [6.45, 7) is 7.80. The van der Waals surface area contributed by atoms with Gasteiger partial charge in [-0.3, -0.25) is 9.69 Å². The molecular formula is C15H23N3O. The zero-order valence-electron chi connectivity index (χ0n) is 11.9. The number of nitrogens with two attached hydrogens (primary N) is 1. The van der Waals surface area contributed by atoms with E-state index in [0.29, 0.717) is 24.2 Å². The number of rotatable bonds is 3. The molecule has 1 aliphatic rings. The predicted molar refractivity (Wildman–Crippen MR) is 79.0 cm³/mol. The van der Waals surface area contributed by atoms with Gasteiger partial charge in [0.15, 0.2) is 0 Å². The topological polar surface area (TPSA) is 58.4 Å². The number of anilines is 2. The third-order valence-electron chi connectivity index (χ3n) is 3.91. The van der Waals surface area contributed by atoms with Crippen molar-refractivity contribution in [1.29, 1.82) is 0 Å². The Labute approximate surface area is 115 Å². The van der Waals surface area contributed by atoms with E-state index < -0.39 is 0 Å². The van der Waals surface area contributed by atoms with Crippen LogP contribution in [0.15, 0.2) is 18.2 Å². The van der Waals surface area contributed by atoms with Crippen LogP contribution in [0.2, 0.25) is 0 Å². The first kappa shape index (κ1) is 13.9. The van der Waals surface area contributed by atoms with Gasteiger partial charge in [-0.2, -0.15) is 0 Å². The van der Waals surface area contributed by atoms with Gasteiger partial charge in [-0.1, -0.05) is 13.0 Å². The van der Waals surface area contributed by atoms with E-state index in [0.717, 1.165) is 17.8 Å². The van der Waals surface area contributed by atoms with E-state index in [1.807, 2.05) is 25.1 Å². The molecule has 0 bridgehead atoms. The Kier molecular flexibility index (Phi) is 4.10. The third-order valence-corrected chi connectivity index (χ3v) is 3.91. The quantitative estimate of drug-likeness (QED) is 0.820. The van der Waals surface area contributed by atoms with Crippen molar-refractivity contribution in [2.75, 3.05) is 24.1 Å². The molecule has 2 atom stereocenters. The molecule has 1 amide bonds. The number of nitrogens with zero attached hydrogens (tertiary/aromatic N) is 1. The number of benzene rings is 1. The fourth-order valence-electron chi connectivity index (χ4n) is 2.77. The van der Waals surface area contributed by atoms with Crippen LogP contribution < -0.4 is 11.1 Å². The largest absolute Gasteiger partial charge is 0.398 e. The van der Waals surface area contributed by atoms with Gasteiger partial charge in [-0.05, 0) is 43.9 Å². The Morgan fingerprint density at radius 3 is 2.84 bits per heavy atom. The van der Waals surface area contributed by atoms with Crippen LogP contribution >= 0.6 is 0 Å². The Hall–Kier alpha value is -1.55. The number of nitrogens with one attached hydrogen (secondary N) is 1. The van der Waals surface area contributed by atoms with Gasteiger partial charge < -0.3 is 11.1 Å². The van der Waals surface area contributed by atoms with Crippen LogP contribution in [0.4, 0.5) is 11.4 Å². The number of hydrogen-bond acceptors (Lipinski definition) is 3. The summed E-state index contributed by atoms with van der Waals surface area (Å²) in [5.74, 6) is 0.714. The molecule has 4 heteroatoms. The first-order valence-electron chi connectivity index (χ1n) is 6.86. The van der Waals surface area contributed by atoms with E-state index in [4.69, 9.17) is 5.73 Å². The smallest absolute Gasteiger partial charge is 0.238 e. The van der Waals surface area contributed by atoms with Gasteiger partial charge >= 0.3 is 0 Å². The zero-order chi connectivity index (χ0) is 14.0. The molecule has 19 heavy (non-hydrogen) atoms. The van der Waals surface area contributed by atoms with Crippen LogP contribution in [-0.2, 0) is 4.79 Å². The summed E-state index contributed by atoms with van der Waals surface area (Å²) >= 11 is 0. The molecule has 104 valence electrons. The fourth-order valence-corrected chi connectivity index (χ4v) is 2.77. The van der Waals surface area contributed by atoms with Gasteiger partial charge in [0.2, 0.25) is 5.91 Å². The van der Waals surface area contributed by atoms with Gasteiger partial charge in [0.1, 0.15) is 0 Å². The highest BCUT2D eigenvalue weighted by molar-refractivity contribution is 5.93. The molecule has 1 aliphatic heterocycles. The van der Waals surface area contributed by atoms with Crippen LogP contribution in [0.25, 0.3) is 0 Å². The van der Waals surface area contributed by atoms with E-state index >= 15 is 0 Å². The van der Waals surface area contributed by atoms with Gasteiger partial charge in [-0.25, -0.2) is 0 Å². The van der Waals surface area contributed by atoms with Crippen molar-refractivity contribution in [3.8, 4) is 0 Å². The highest BCUT2D eigenvalue weighted by atomic mass is 16.2. The second kappa shape index (κ2) is 5.61. The number of amides is 1. The van der Waals surface area contributed by atoms with Gasteiger partial charge in [0.25, 0.3) is 0 Å². The molecule has 4 nitrogen and oxygen atoms in total.